The maximum atomic E-state index is 12.7. The molecule has 5 heteroatoms. The average molecular weight is 359 g/mol. The van der Waals surface area contributed by atoms with Gasteiger partial charge in [-0.3, -0.25) is 4.79 Å². The molecule has 1 aliphatic rings. The molecule has 25 heavy (non-hydrogen) atoms. The number of rotatable bonds is 5. The second kappa shape index (κ2) is 7.67. The highest BCUT2D eigenvalue weighted by atomic mass is 32.1. The average Bonchev–Trinajstić information content (AvgIpc) is 3.08. The topological polar surface area (TPSA) is 51.2 Å². The summed E-state index contributed by atoms with van der Waals surface area (Å²) in [6, 6.07) is 8.62. The Balaban J connectivity index is 1.85. The van der Waals surface area contributed by atoms with Gasteiger partial charge in [0, 0.05) is 30.0 Å². The summed E-state index contributed by atoms with van der Waals surface area (Å²) in [5.41, 5.74) is 2.29. The Morgan fingerprint density at radius 1 is 1.40 bits per heavy atom. The van der Waals surface area contributed by atoms with E-state index in [0.717, 1.165) is 12.8 Å². The summed E-state index contributed by atoms with van der Waals surface area (Å²) in [6.45, 7) is 7.16. The highest BCUT2D eigenvalue weighted by Crippen LogP contribution is 2.42. The molecule has 0 unspecified atom stereocenters. The van der Waals surface area contributed by atoms with Gasteiger partial charge < -0.3 is 10.1 Å². The Bertz CT molecular complexity index is 697. The summed E-state index contributed by atoms with van der Waals surface area (Å²) in [5.74, 6) is 0.465. The molecule has 1 aromatic heterocycles. The minimum Gasteiger partial charge on any atom is -0.378 e. The fourth-order valence-electron chi connectivity index (χ4n) is 3.57. The number of aryl methyl sites for hydroxylation is 1. The van der Waals surface area contributed by atoms with E-state index in [1.54, 1.807) is 6.20 Å². The summed E-state index contributed by atoms with van der Waals surface area (Å²) in [7, 11) is 0. The maximum Gasteiger partial charge on any atom is 0.227 e. The van der Waals surface area contributed by atoms with Crippen LogP contribution in [0.15, 0.2) is 35.8 Å². The quantitative estimate of drug-likeness (QED) is 0.853. The van der Waals surface area contributed by atoms with Crippen LogP contribution in [0.2, 0.25) is 0 Å². The van der Waals surface area contributed by atoms with E-state index in [9.17, 15) is 4.79 Å². The molecule has 0 saturated carbocycles. The predicted molar refractivity (Wildman–Crippen MR) is 102 cm³/mol. The minimum atomic E-state index is -0.178. The van der Waals surface area contributed by atoms with Gasteiger partial charge in [-0.05, 0) is 31.2 Å². The summed E-state index contributed by atoms with van der Waals surface area (Å²) >= 11 is 1.45. The van der Waals surface area contributed by atoms with Crippen molar-refractivity contribution in [2.75, 3.05) is 11.9 Å². The Hall–Kier alpha value is -1.72. The number of thiazole rings is 1. The first-order chi connectivity index (χ1) is 12.0. The van der Waals surface area contributed by atoms with Crippen LogP contribution in [0.25, 0.3) is 0 Å². The molecule has 2 atom stereocenters. The van der Waals surface area contributed by atoms with E-state index in [1.807, 2.05) is 5.38 Å². The number of nitrogens with zero attached hydrogens (tertiary/aromatic N) is 1. The van der Waals surface area contributed by atoms with E-state index in [0.29, 0.717) is 24.1 Å². The Morgan fingerprint density at radius 2 is 2.16 bits per heavy atom. The van der Waals surface area contributed by atoms with Crippen LogP contribution in [0.3, 0.4) is 0 Å². The van der Waals surface area contributed by atoms with Crippen LogP contribution >= 0.6 is 11.3 Å². The van der Waals surface area contributed by atoms with Crippen molar-refractivity contribution in [3.63, 3.8) is 0 Å². The van der Waals surface area contributed by atoms with Crippen LogP contribution < -0.4 is 5.32 Å². The molecule has 1 aliphatic heterocycles. The van der Waals surface area contributed by atoms with Crippen molar-refractivity contribution in [2.45, 2.75) is 51.6 Å². The lowest BCUT2D eigenvalue weighted by molar-refractivity contribution is -0.119. The number of ether oxygens (including phenoxy) is 1. The lowest BCUT2D eigenvalue weighted by Crippen LogP contribution is -2.43. The van der Waals surface area contributed by atoms with Gasteiger partial charge in [0.25, 0.3) is 0 Å². The third kappa shape index (κ3) is 4.28. The third-order valence-corrected chi connectivity index (χ3v) is 5.78. The highest BCUT2D eigenvalue weighted by Gasteiger charge is 2.41. The van der Waals surface area contributed by atoms with Crippen molar-refractivity contribution >= 4 is 22.4 Å². The molecule has 2 heterocycles. The summed E-state index contributed by atoms with van der Waals surface area (Å²) in [5, 5.41) is 5.48. The van der Waals surface area contributed by atoms with Crippen molar-refractivity contribution in [2.24, 2.45) is 5.92 Å². The van der Waals surface area contributed by atoms with Gasteiger partial charge in [-0.25, -0.2) is 4.98 Å². The van der Waals surface area contributed by atoms with Gasteiger partial charge in [-0.2, -0.15) is 0 Å². The monoisotopic (exact) mass is 358 g/mol. The van der Waals surface area contributed by atoms with Gasteiger partial charge in [-0.15, -0.1) is 11.3 Å². The maximum absolute atomic E-state index is 12.7. The SMILES string of the molecule is Cc1ccc([C@@]2(CC(=O)Nc3nccs3)CCO[C@@H](C(C)C)C2)cc1. The lowest BCUT2D eigenvalue weighted by Gasteiger charge is -2.42. The number of carbonyl (C=O) groups excluding carboxylic acids is 1. The first-order valence-corrected chi connectivity index (χ1v) is 9.74. The standard InChI is InChI=1S/C20H26N2O2S/c1-14(2)17-12-20(8-10-24-17,16-6-4-15(3)5-7-16)13-18(23)22-19-21-9-11-25-19/h4-7,9,11,14,17H,8,10,12-13H2,1-3H3,(H,21,22,23)/t17-,20+/m1/s1. The van der Waals surface area contributed by atoms with Crippen LogP contribution in [0.1, 0.15) is 44.2 Å². The molecule has 0 aliphatic carbocycles. The molecule has 134 valence electrons. The first kappa shape index (κ1) is 18.1. The molecule has 1 fully saturated rings. The number of benzene rings is 1. The molecule has 1 N–H and O–H groups in total. The highest BCUT2D eigenvalue weighted by molar-refractivity contribution is 7.13. The molecule has 1 amide bonds. The number of anilines is 1. The molecule has 0 bridgehead atoms. The van der Waals surface area contributed by atoms with E-state index in [-0.39, 0.29) is 17.4 Å². The Kier molecular flexibility index (Phi) is 5.54. The molecule has 0 spiro atoms. The Labute approximate surface area is 153 Å². The van der Waals surface area contributed by atoms with Crippen LogP contribution in [-0.4, -0.2) is 23.6 Å². The van der Waals surface area contributed by atoms with Crippen LogP contribution in [0.5, 0.6) is 0 Å². The summed E-state index contributed by atoms with van der Waals surface area (Å²) in [4.78, 5) is 16.9. The van der Waals surface area contributed by atoms with Crippen molar-refractivity contribution in [1.29, 1.82) is 0 Å². The van der Waals surface area contributed by atoms with Gasteiger partial charge in [0.1, 0.15) is 0 Å². The predicted octanol–water partition coefficient (Wildman–Crippen LogP) is 4.55. The third-order valence-electron chi connectivity index (χ3n) is 5.09. The zero-order valence-electron chi connectivity index (χ0n) is 15.1. The number of aromatic nitrogens is 1. The molecule has 3 rings (SSSR count). The molecule has 1 saturated heterocycles. The zero-order chi connectivity index (χ0) is 17.9. The number of carbonyl (C=O) groups is 1. The van der Waals surface area contributed by atoms with E-state index >= 15 is 0 Å². The van der Waals surface area contributed by atoms with Gasteiger partial charge in [0.2, 0.25) is 5.91 Å². The summed E-state index contributed by atoms with van der Waals surface area (Å²) in [6.07, 6.45) is 4.09. The van der Waals surface area contributed by atoms with Gasteiger partial charge in [-0.1, -0.05) is 43.7 Å². The van der Waals surface area contributed by atoms with E-state index < -0.39 is 0 Å². The number of amides is 1. The van der Waals surface area contributed by atoms with Crippen molar-refractivity contribution in [3.05, 3.63) is 47.0 Å². The van der Waals surface area contributed by atoms with Crippen molar-refractivity contribution < 1.29 is 9.53 Å². The number of nitrogens with one attached hydrogen (secondary N) is 1. The van der Waals surface area contributed by atoms with Crippen LogP contribution in [0, 0.1) is 12.8 Å². The largest absolute Gasteiger partial charge is 0.378 e. The Morgan fingerprint density at radius 3 is 2.80 bits per heavy atom. The fraction of sp³-hybridized carbons (Fsp3) is 0.500. The second-order valence-electron chi connectivity index (χ2n) is 7.32. The fourth-order valence-corrected chi connectivity index (χ4v) is 4.11. The molecular formula is C20H26N2O2S. The van der Waals surface area contributed by atoms with Gasteiger partial charge in [0.05, 0.1) is 6.10 Å². The molecule has 4 nitrogen and oxygen atoms in total. The number of hydrogen-bond acceptors (Lipinski definition) is 4. The molecular weight excluding hydrogens is 332 g/mol. The zero-order valence-corrected chi connectivity index (χ0v) is 15.9. The first-order valence-electron chi connectivity index (χ1n) is 8.87. The second-order valence-corrected chi connectivity index (χ2v) is 8.21. The van der Waals surface area contributed by atoms with Crippen molar-refractivity contribution in [3.8, 4) is 0 Å². The number of hydrogen-bond donors (Lipinski definition) is 1. The molecule has 0 radical (unpaired) electrons. The normalized spacial score (nSPS) is 23.6. The van der Waals surface area contributed by atoms with E-state index in [1.165, 1.54) is 22.5 Å². The van der Waals surface area contributed by atoms with Crippen molar-refractivity contribution in [1.82, 2.24) is 4.98 Å². The van der Waals surface area contributed by atoms with Gasteiger partial charge in [0.15, 0.2) is 5.13 Å². The van der Waals surface area contributed by atoms with Crippen LogP contribution in [0.4, 0.5) is 5.13 Å². The minimum absolute atomic E-state index is 0.0277. The lowest BCUT2D eigenvalue weighted by atomic mass is 9.68. The smallest absolute Gasteiger partial charge is 0.227 e. The van der Waals surface area contributed by atoms with E-state index in [2.05, 4.69) is 55.3 Å². The molecule has 1 aromatic carbocycles. The summed E-state index contributed by atoms with van der Waals surface area (Å²) < 4.78 is 5.99. The van der Waals surface area contributed by atoms with Gasteiger partial charge >= 0.3 is 0 Å². The molecule has 2 aromatic rings. The van der Waals surface area contributed by atoms with E-state index in [4.69, 9.17) is 4.74 Å². The van der Waals surface area contributed by atoms with Crippen LogP contribution in [-0.2, 0) is 14.9 Å².